The molecule has 1 rings (SSSR count). The monoisotopic (exact) mass is 232 g/mol. The third-order valence-corrected chi connectivity index (χ3v) is 2.65. The lowest BCUT2D eigenvalue weighted by molar-refractivity contribution is 0.205. The van der Waals surface area contributed by atoms with E-state index in [1.54, 1.807) is 18.3 Å². The maximum Gasteiger partial charge on any atom is 0.140 e. The first kappa shape index (κ1) is 13.5. The van der Waals surface area contributed by atoms with Crippen LogP contribution in [0.5, 0.6) is 5.75 Å². The van der Waals surface area contributed by atoms with Crippen molar-refractivity contribution in [1.29, 1.82) is 5.26 Å². The van der Waals surface area contributed by atoms with Gasteiger partial charge in [-0.2, -0.15) is 5.26 Å². The molecule has 1 aromatic rings. The van der Waals surface area contributed by atoms with E-state index in [2.05, 4.69) is 18.8 Å². The van der Waals surface area contributed by atoms with Crippen LogP contribution < -0.4 is 4.74 Å². The number of rotatable bonds is 7. The van der Waals surface area contributed by atoms with Crippen molar-refractivity contribution in [3.05, 3.63) is 24.0 Å². The second-order valence-electron chi connectivity index (χ2n) is 4.27. The lowest BCUT2D eigenvalue weighted by Crippen LogP contribution is -2.11. The molecule has 3 nitrogen and oxygen atoms in total. The van der Waals surface area contributed by atoms with Crippen molar-refractivity contribution >= 4 is 0 Å². The van der Waals surface area contributed by atoms with E-state index in [9.17, 15) is 0 Å². The summed E-state index contributed by atoms with van der Waals surface area (Å²) in [7, 11) is 0. The third kappa shape index (κ3) is 5.35. The van der Waals surface area contributed by atoms with Gasteiger partial charge >= 0.3 is 0 Å². The maximum absolute atomic E-state index is 8.62. The summed E-state index contributed by atoms with van der Waals surface area (Å²) in [6.07, 6.45) is 7.93. The van der Waals surface area contributed by atoms with Gasteiger partial charge in [0.05, 0.1) is 12.3 Å². The van der Waals surface area contributed by atoms with Gasteiger partial charge in [-0.15, -0.1) is 0 Å². The quantitative estimate of drug-likeness (QED) is 0.673. The van der Waals surface area contributed by atoms with Crippen molar-refractivity contribution in [3.8, 4) is 11.8 Å². The van der Waals surface area contributed by atoms with Crippen LogP contribution in [-0.2, 0) is 0 Å². The second-order valence-corrected chi connectivity index (χ2v) is 4.27. The molecule has 0 aliphatic carbocycles. The van der Waals surface area contributed by atoms with E-state index < -0.39 is 0 Å². The molecule has 92 valence electrons. The summed E-state index contributed by atoms with van der Waals surface area (Å²) in [5.74, 6) is 0.743. The van der Waals surface area contributed by atoms with E-state index >= 15 is 0 Å². The lowest BCUT2D eigenvalue weighted by Gasteiger charge is -2.14. The highest BCUT2D eigenvalue weighted by atomic mass is 16.5. The minimum atomic E-state index is 0.210. The zero-order valence-electron chi connectivity index (χ0n) is 10.6. The minimum Gasteiger partial charge on any atom is -0.489 e. The molecule has 0 aromatic carbocycles. The molecule has 0 fully saturated rings. The largest absolute Gasteiger partial charge is 0.489 e. The molecular weight excluding hydrogens is 212 g/mol. The van der Waals surface area contributed by atoms with Gasteiger partial charge < -0.3 is 4.74 Å². The first-order chi connectivity index (χ1) is 8.26. The van der Waals surface area contributed by atoms with Gasteiger partial charge in [0, 0.05) is 0 Å². The molecular formula is C14H20N2O. The van der Waals surface area contributed by atoms with E-state index in [0.717, 1.165) is 12.2 Å². The van der Waals surface area contributed by atoms with Crippen molar-refractivity contribution < 1.29 is 4.74 Å². The zero-order valence-corrected chi connectivity index (χ0v) is 10.6. The number of ether oxygens (including phenoxy) is 1. The Labute approximate surface area is 103 Å². The zero-order chi connectivity index (χ0) is 12.5. The van der Waals surface area contributed by atoms with Crippen molar-refractivity contribution in [2.45, 2.75) is 52.1 Å². The van der Waals surface area contributed by atoms with Gasteiger partial charge in [0.15, 0.2) is 0 Å². The highest BCUT2D eigenvalue weighted by molar-refractivity contribution is 5.26. The number of pyridine rings is 1. The Morgan fingerprint density at radius 3 is 2.76 bits per heavy atom. The molecule has 0 bridgehead atoms. The molecule has 1 aromatic heterocycles. The van der Waals surface area contributed by atoms with Crippen LogP contribution in [0, 0.1) is 11.3 Å². The van der Waals surface area contributed by atoms with E-state index in [1.807, 2.05) is 6.07 Å². The number of aromatic nitrogens is 1. The molecule has 0 aliphatic heterocycles. The Hall–Kier alpha value is -1.56. The average molecular weight is 232 g/mol. The third-order valence-electron chi connectivity index (χ3n) is 2.65. The predicted octanol–water partition coefficient (Wildman–Crippen LogP) is 3.69. The fourth-order valence-electron chi connectivity index (χ4n) is 1.67. The normalized spacial score (nSPS) is 11.8. The summed E-state index contributed by atoms with van der Waals surface area (Å²) in [5.41, 5.74) is 0.424. The Morgan fingerprint density at radius 2 is 2.18 bits per heavy atom. The predicted molar refractivity (Wildman–Crippen MR) is 67.8 cm³/mol. The molecule has 1 atom stereocenters. The number of unbranched alkanes of at least 4 members (excludes halogenated alkanes) is 3. The van der Waals surface area contributed by atoms with E-state index in [4.69, 9.17) is 10.00 Å². The van der Waals surface area contributed by atoms with E-state index in [1.165, 1.54) is 25.7 Å². The van der Waals surface area contributed by atoms with E-state index in [-0.39, 0.29) is 6.10 Å². The summed E-state index contributed by atoms with van der Waals surface area (Å²) in [5, 5.41) is 8.62. The van der Waals surface area contributed by atoms with Crippen molar-refractivity contribution in [2.75, 3.05) is 0 Å². The smallest absolute Gasteiger partial charge is 0.140 e. The van der Waals surface area contributed by atoms with Gasteiger partial charge in [0.25, 0.3) is 0 Å². The van der Waals surface area contributed by atoms with Gasteiger partial charge in [0.2, 0.25) is 0 Å². The van der Waals surface area contributed by atoms with E-state index in [0.29, 0.717) is 5.69 Å². The van der Waals surface area contributed by atoms with Crippen LogP contribution in [0.25, 0.3) is 0 Å². The van der Waals surface area contributed by atoms with Crippen LogP contribution in [0.15, 0.2) is 18.3 Å². The molecule has 0 saturated heterocycles. The summed E-state index contributed by atoms with van der Waals surface area (Å²) in [6.45, 7) is 4.28. The first-order valence-corrected chi connectivity index (χ1v) is 6.29. The van der Waals surface area contributed by atoms with Gasteiger partial charge in [-0.25, -0.2) is 4.98 Å². The van der Waals surface area contributed by atoms with Crippen LogP contribution in [0.1, 0.15) is 51.6 Å². The number of hydrogen-bond acceptors (Lipinski definition) is 3. The Kier molecular flexibility index (Phi) is 6.09. The van der Waals surface area contributed by atoms with Crippen molar-refractivity contribution in [3.63, 3.8) is 0 Å². The summed E-state index contributed by atoms with van der Waals surface area (Å²) in [4.78, 5) is 3.97. The van der Waals surface area contributed by atoms with Gasteiger partial charge in [-0.1, -0.05) is 26.2 Å². The topological polar surface area (TPSA) is 45.9 Å². The molecule has 1 unspecified atom stereocenters. The first-order valence-electron chi connectivity index (χ1n) is 6.29. The summed E-state index contributed by atoms with van der Waals surface area (Å²) < 4.78 is 5.72. The van der Waals surface area contributed by atoms with Gasteiger partial charge in [-0.05, 0) is 31.9 Å². The van der Waals surface area contributed by atoms with Crippen LogP contribution in [0.4, 0.5) is 0 Å². The Balaban J connectivity index is 2.30. The number of nitriles is 1. The Bertz CT molecular complexity index is 353. The summed E-state index contributed by atoms with van der Waals surface area (Å²) in [6, 6.07) is 5.47. The number of nitrogens with zero attached hydrogens (tertiary/aromatic N) is 2. The molecule has 3 heteroatoms. The SMILES string of the molecule is CCCCCCC(C)Oc1ccc(C#N)nc1. The molecule has 0 radical (unpaired) electrons. The van der Waals surface area contributed by atoms with Crippen LogP contribution in [0.2, 0.25) is 0 Å². The fraction of sp³-hybridized carbons (Fsp3) is 0.571. The van der Waals surface area contributed by atoms with Crippen molar-refractivity contribution in [1.82, 2.24) is 4.98 Å². The van der Waals surface area contributed by atoms with Gasteiger partial charge in [0.1, 0.15) is 17.5 Å². The molecule has 1 heterocycles. The lowest BCUT2D eigenvalue weighted by atomic mass is 10.1. The maximum atomic E-state index is 8.62. The molecule has 0 N–H and O–H groups in total. The van der Waals surface area contributed by atoms with Crippen molar-refractivity contribution in [2.24, 2.45) is 0 Å². The van der Waals surface area contributed by atoms with Crippen LogP contribution >= 0.6 is 0 Å². The average Bonchev–Trinajstić information content (AvgIpc) is 2.36. The molecule has 0 aliphatic rings. The van der Waals surface area contributed by atoms with Crippen LogP contribution in [0.3, 0.4) is 0 Å². The standard InChI is InChI=1S/C14H20N2O/c1-3-4-5-6-7-12(2)17-14-9-8-13(10-15)16-11-14/h8-9,11-12H,3-7H2,1-2H3. The minimum absolute atomic E-state index is 0.210. The second kappa shape index (κ2) is 7.67. The van der Waals surface area contributed by atoms with Gasteiger partial charge in [-0.3, -0.25) is 0 Å². The Morgan fingerprint density at radius 1 is 1.35 bits per heavy atom. The highest BCUT2D eigenvalue weighted by Gasteiger charge is 2.04. The molecule has 0 saturated carbocycles. The summed E-state index contributed by atoms with van der Waals surface area (Å²) >= 11 is 0. The fourth-order valence-corrected chi connectivity index (χ4v) is 1.67. The molecule has 17 heavy (non-hydrogen) atoms. The molecule has 0 spiro atoms. The number of hydrogen-bond donors (Lipinski definition) is 0. The highest BCUT2D eigenvalue weighted by Crippen LogP contribution is 2.14. The molecule has 0 amide bonds. The van der Waals surface area contributed by atoms with Crippen LogP contribution in [-0.4, -0.2) is 11.1 Å².